The van der Waals surface area contributed by atoms with Crippen LogP contribution >= 0.6 is 11.6 Å². The van der Waals surface area contributed by atoms with Gasteiger partial charge in [0.05, 0.1) is 23.7 Å². The van der Waals surface area contributed by atoms with E-state index in [2.05, 4.69) is 0 Å². The molecule has 0 aromatic heterocycles. The molecule has 0 radical (unpaired) electrons. The molecule has 0 saturated carbocycles. The fraction of sp³-hybridized carbons (Fsp3) is 0.375. The van der Waals surface area contributed by atoms with Crippen LogP contribution in [0.5, 0.6) is 5.75 Å². The lowest BCUT2D eigenvalue weighted by atomic mass is 9.88. The SMILES string of the molecule is COc1ccc(C(=O)C2CCN(C(=O)C3CC(=O)N(c4ccccc4Cl)C3)CC2)cc1. The number of hydrogen-bond acceptors (Lipinski definition) is 4. The fourth-order valence-electron chi connectivity index (χ4n) is 4.39. The number of ether oxygens (including phenoxy) is 1. The summed E-state index contributed by atoms with van der Waals surface area (Å²) < 4.78 is 5.14. The highest BCUT2D eigenvalue weighted by atomic mass is 35.5. The molecule has 2 saturated heterocycles. The third-order valence-electron chi connectivity index (χ3n) is 6.17. The second-order valence-electron chi connectivity index (χ2n) is 8.05. The molecule has 1 unspecified atom stereocenters. The van der Waals surface area contributed by atoms with E-state index in [1.807, 2.05) is 12.1 Å². The Hall–Kier alpha value is -2.86. The minimum atomic E-state index is -0.377. The van der Waals surface area contributed by atoms with Crippen molar-refractivity contribution in [2.75, 3.05) is 31.6 Å². The number of para-hydroxylation sites is 1. The number of methoxy groups -OCH3 is 1. The van der Waals surface area contributed by atoms with Crippen LogP contribution in [0, 0.1) is 11.8 Å². The lowest BCUT2D eigenvalue weighted by Gasteiger charge is -2.33. The third-order valence-corrected chi connectivity index (χ3v) is 6.49. The van der Waals surface area contributed by atoms with Gasteiger partial charge in [0.1, 0.15) is 5.75 Å². The van der Waals surface area contributed by atoms with E-state index < -0.39 is 0 Å². The van der Waals surface area contributed by atoms with Gasteiger partial charge in [-0.15, -0.1) is 0 Å². The molecule has 6 nitrogen and oxygen atoms in total. The molecule has 2 aliphatic heterocycles. The number of hydrogen-bond donors (Lipinski definition) is 0. The second-order valence-corrected chi connectivity index (χ2v) is 8.46. The Morgan fingerprint density at radius 2 is 1.68 bits per heavy atom. The summed E-state index contributed by atoms with van der Waals surface area (Å²) in [6.45, 7) is 1.40. The first-order valence-corrected chi connectivity index (χ1v) is 10.9. The smallest absolute Gasteiger partial charge is 0.228 e. The van der Waals surface area contributed by atoms with Crippen LogP contribution in [-0.4, -0.2) is 49.2 Å². The van der Waals surface area contributed by atoms with Gasteiger partial charge in [0.15, 0.2) is 5.78 Å². The molecule has 2 aromatic carbocycles. The Labute approximate surface area is 186 Å². The van der Waals surface area contributed by atoms with E-state index in [0.29, 0.717) is 54.5 Å². The van der Waals surface area contributed by atoms with Gasteiger partial charge in [0, 0.05) is 37.5 Å². The van der Waals surface area contributed by atoms with Crippen LogP contribution in [0.15, 0.2) is 48.5 Å². The maximum absolute atomic E-state index is 13.0. The zero-order valence-corrected chi connectivity index (χ0v) is 18.2. The van der Waals surface area contributed by atoms with E-state index >= 15 is 0 Å². The Morgan fingerprint density at radius 3 is 2.32 bits per heavy atom. The number of anilines is 1. The fourth-order valence-corrected chi connectivity index (χ4v) is 4.63. The number of amides is 2. The molecule has 1 atom stereocenters. The minimum absolute atomic E-state index is 0.0155. The number of carbonyl (C=O) groups excluding carboxylic acids is 3. The van der Waals surface area contributed by atoms with E-state index in [4.69, 9.17) is 16.3 Å². The van der Waals surface area contributed by atoms with E-state index in [1.54, 1.807) is 53.3 Å². The molecule has 7 heteroatoms. The molecule has 2 fully saturated rings. The van der Waals surface area contributed by atoms with E-state index in [-0.39, 0.29) is 35.9 Å². The van der Waals surface area contributed by atoms with E-state index in [9.17, 15) is 14.4 Å². The third kappa shape index (κ3) is 4.44. The summed E-state index contributed by atoms with van der Waals surface area (Å²) in [5, 5.41) is 0.502. The second kappa shape index (κ2) is 9.10. The maximum atomic E-state index is 13.0. The first-order valence-electron chi connectivity index (χ1n) is 10.5. The summed E-state index contributed by atoms with van der Waals surface area (Å²) >= 11 is 6.23. The topological polar surface area (TPSA) is 66.9 Å². The lowest BCUT2D eigenvalue weighted by molar-refractivity contribution is -0.137. The maximum Gasteiger partial charge on any atom is 0.228 e. The highest BCUT2D eigenvalue weighted by molar-refractivity contribution is 6.33. The average Bonchev–Trinajstić information content (AvgIpc) is 3.20. The van der Waals surface area contributed by atoms with E-state index in [0.717, 1.165) is 0 Å². The van der Waals surface area contributed by atoms with Crippen LogP contribution < -0.4 is 9.64 Å². The largest absolute Gasteiger partial charge is 0.497 e. The zero-order valence-electron chi connectivity index (χ0n) is 17.4. The molecular weight excluding hydrogens is 416 g/mol. The Kier molecular flexibility index (Phi) is 6.28. The highest BCUT2D eigenvalue weighted by Gasteiger charge is 2.39. The van der Waals surface area contributed by atoms with Crippen molar-refractivity contribution in [3.05, 3.63) is 59.1 Å². The van der Waals surface area contributed by atoms with Crippen molar-refractivity contribution in [2.45, 2.75) is 19.3 Å². The Balaban J connectivity index is 1.34. The molecule has 2 heterocycles. The number of piperidine rings is 1. The van der Waals surface area contributed by atoms with Gasteiger partial charge in [-0.1, -0.05) is 23.7 Å². The van der Waals surface area contributed by atoms with Crippen LogP contribution in [0.2, 0.25) is 5.02 Å². The molecule has 2 aromatic rings. The summed E-state index contributed by atoms with van der Waals surface area (Å²) in [6.07, 6.45) is 1.45. The van der Waals surface area contributed by atoms with Gasteiger partial charge < -0.3 is 14.5 Å². The van der Waals surface area contributed by atoms with Crippen LogP contribution in [0.1, 0.15) is 29.6 Å². The van der Waals surface area contributed by atoms with E-state index in [1.165, 1.54) is 0 Å². The molecular formula is C24H25ClN2O4. The van der Waals surface area contributed by atoms with Crippen LogP contribution in [0.4, 0.5) is 5.69 Å². The summed E-state index contributed by atoms with van der Waals surface area (Å²) in [4.78, 5) is 41.7. The van der Waals surface area contributed by atoms with Crippen LogP contribution in [0.3, 0.4) is 0 Å². The molecule has 162 valence electrons. The van der Waals surface area contributed by atoms with Crippen molar-refractivity contribution in [1.29, 1.82) is 0 Å². The summed E-state index contributed by atoms with van der Waals surface area (Å²) in [6, 6.07) is 14.3. The first-order chi connectivity index (χ1) is 15.0. The molecule has 0 aliphatic carbocycles. The molecule has 0 spiro atoms. The number of rotatable bonds is 5. The number of likely N-dealkylation sites (tertiary alicyclic amines) is 1. The van der Waals surface area contributed by atoms with Crippen molar-refractivity contribution < 1.29 is 19.1 Å². The van der Waals surface area contributed by atoms with Gasteiger partial charge in [-0.25, -0.2) is 0 Å². The quantitative estimate of drug-likeness (QED) is 0.663. The predicted molar refractivity (Wildman–Crippen MR) is 119 cm³/mol. The standard InChI is InChI=1S/C24H25ClN2O4/c1-31-19-8-6-16(7-9-19)23(29)17-10-12-26(13-11-17)24(30)18-14-22(28)27(15-18)21-5-3-2-4-20(21)25/h2-9,17-18H,10-15H2,1H3. The van der Waals surface area contributed by atoms with Crippen molar-refractivity contribution in [1.82, 2.24) is 4.90 Å². The average molecular weight is 441 g/mol. The van der Waals surface area contributed by atoms with Crippen LogP contribution in [0.25, 0.3) is 0 Å². The molecule has 31 heavy (non-hydrogen) atoms. The van der Waals surface area contributed by atoms with Crippen molar-refractivity contribution in [3.63, 3.8) is 0 Å². The van der Waals surface area contributed by atoms with Crippen molar-refractivity contribution in [3.8, 4) is 5.75 Å². The highest BCUT2D eigenvalue weighted by Crippen LogP contribution is 2.32. The number of halogens is 1. The summed E-state index contributed by atoms with van der Waals surface area (Å²) in [5.41, 5.74) is 1.32. The monoisotopic (exact) mass is 440 g/mol. The number of benzene rings is 2. The van der Waals surface area contributed by atoms with Gasteiger partial charge in [0.25, 0.3) is 0 Å². The van der Waals surface area contributed by atoms with Gasteiger partial charge in [-0.05, 0) is 49.2 Å². The summed E-state index contributed by atoms with van der Waals surface area (Å²) in [5.74, 6) is 0.249. The van der Waals surface area contributed by atoms with Crippen molar-refractivity contribution >= 4 is 34.9 Å². The first kappa shape index (κ1) is 21.4. The molecule has 2 aliphatic rings. The van der Waals surface area contributed by atoms with Gasteiger partial charge in [0.2, 0.25) is 11.8 Å². The van der Waals surface area contributed by atoms with Gasteiger partial charge in [-0.3, -0.25) is 14.4 Å². The number of ketones is 1. The summed E-state index contributed by atoms with van der Waals surface area (Å²) in [7, 11) is 1.59. The predicted octanol–water partition coefficient (Wildman–Crippen LogP) is 3.82. The molecule has 0 bridgehead atoms. The minimum Gasteiger partial charge on any atom is -0.497 e. The van der Waals surface area contributed by atoms with Crippen molar-refractivity contribution in [2.24, 2.45) is 11.8 Å². The van der Waals surface area contributed by atoms with Gasteiger partial charge >= 0.3 is 0 Å². The number of nitrogens with zero attached hydrogens (tertiary/aromatic N) is 2. The van der Waals surface area contributed by atoms with Crippen LogP contribution in [-0.2, 0) is 9.59 Å². The number of carbonyl (C=O) groups is 3. The normalized spacial score (nSPS) is 19.5. The molecule has 2 amide bonds. The Bertz CT molecular complexity index is 983. The molecule has 4 rings (SSSR count). The lowest BCUT2D eigenvalue weighted by Crippen LogP contribution is -2.43. The zero-order chi connectivity index (χ0) is 22.0. The number of Topliss-reactive ketones (excluding diaryl/α,β-unsaturated/α-hetero) is 1. The van der Waals surface area contributed by atoms with Gasteiger partial charge in [-0.2, -0.15) is 0 Å². The Morgan fingerprint density at radius 1 is 1.00 bits per heavy atom. The molecule has 0 N–H and O–H groups in total.